The minimum absolute atomic E-state index is 0.0157. The maximum atomic E-state index is 12.8. The molecule has 2 aromatic carbocycles. The van der Waals surface area contributed by atoms with E-state index >= 15 is 0 Å². The van der Waals surface area contributed by atoms with Crippen molar-refractivity contribution in [2.24, 2.45) is 0 Å². The minimum Gasteiger partial charge on any atom is -0.371 e. The third-order valence-corrected chi connectivity index (χ3v) is 4.44. The fraction of sp³-hybridized carbons (Fsp3) is 0.429. The van der Waals surface area contributed by atoms with Crippen molar-refractivity contribution in [3.05, 3.63) is 70.8 Å². The molecule has 0 aliphatic rings. The van der Waals surface area contributed by atoms with E-state index < -0.39 is 6.43 Å². The van der Waals surface area contributed by atoms with Crippen molar-refractivity contribution in [1.29, 1.82) is 0 Å². The fourth-order valence-corrected chi connectivity index (χ4v) is 2.88. The Kier molecular flexibility index (Phi) is 5.76. The van der Waals surface area contributed by atoms with Gasteiger partial charge in [0, 0.05) is 11.0 Å². The molecule has 0 aliphatic heterocycles. The van der Waals surface area contributed by atoms with E-state index in [2.05, 4.69) is 32.0 Å². The SMILES string of the molecule is CC(C)OC(C)c1cccc(C(C)(C)c2ccc(C(F)F)cc2)c1. The molecule has 0 spiro atoms. The Labute approximate surface area is 143 Å². The van der Waals surface area contributed by atoms with Crippen LogP contribution in [0.4, 0.5) is 8.78 Å². The Hall–Kier alpha value is -1.74. The molecule has 0 aliphatic carbocycles. The molecule has 0 aromatic heterocycles. The molecule has 0 saturated heterocycles. The Morgan fingerprint density at radius 2 is 1.46 bits per heavy atom. The van der Waals surface area contributed by atoms with Crippen LogP contribution in [0.2, 0.25) is 0 Å². The Morgan fingerprint density at radius 3 is 2.00 bits per heavy atom. The van der Waals surface area contributed by atoms with Gasteiger partial charge in [0.15, 0.2) is 0 Å². The van der Waals surface area contributed by atoms with Crippen LogP contribution < -0.4 is 0 Å². The molecule has 130 valence electrons. The highest BCUT2D eigenvalue weighted by atomic mass is 19.3. The van der Waals surface area contributed by atoms with Crippen molar-refractivity contribution in [2.75, 3.05) is 0 Å². The summed E-state index contributed by atoms with van der Waals surface area (Å²) in [5.41, 5.74) is 3.07. The van der Waals surface area contributed by atoms with Crippen molar-refractivity contribution in [3.8, 4) is 0 Å². The standard InChI is InChI=1S/C21H26F2O/c1-14(2)24-15(3)17-7-6-8-19(13-17)21(4,5)18-11-9-16(10-12-18)20(22)23/h6-15,20H,1-5H3. The van der Waals surface area contributed by atoms with Gasteiger partial charge in [-0.25, -0.2) is 8.78 Å². The number of halogens is 2. The van der Waals surface area contributed by atoms with Crippen LogP contribution in [0.3, 0.4) is 0 Å². The zero-order chi connectivity index (χ0) is 17.9. The summed E-state index contributed by atoms with van der Waals surface area (Å²) in [5, 5.41) is 0. The Balaban J connectivity index is 2.31. The second kappa shape index (κ2) is 7.43. The van der Waals surface area contributed by atoms with Crippen molar-refractivity contribution >= 4 is 0 Å². The van der Waals surface area contributed by atoms with Crippen molar-refractivity contribution in [2.45, 2.75) is 58.7 Å². The van der Waals surface area contributed by atoms with Gasteiger partial charge in [0.2, 0.25) is 0 Å². The molecule has 3 heteroatoms. The second-order valence-electron chi connectivity index (χ2n) is 7.00. The summed E-state index contributed by atoms with van der Waals surface area (Å²) >= 11 is 0. The van der Waals surface area contributed by atoms with Gasteiger partial charge in [-0.2, -0.15) is 0 Å². The maximum Gasteiger partial charge on any atom is 0.263 e. The molecule has 0 heterocycles. The lowest BCUT2D eigenvalue weighted by Crippen LogP contribution is -2.19. The van der Waals surface area contributed by atoms with Gasteiger partial charge in [-0.3, -0.25) is 0 Å². The quantitative estimate of drug-likeness (QED) is 0.592. The van der Waals surface area contributed by atoms with Crippen LogP contribution >= 0.6 is 0 Å². The van der Waals surface area contributed by atoms with Gasteiger partial charge in [-0.1, -0.05) is 62.4 Å². The first-order valence-electron chi connectivity index (χ1n) is 8.36. The van der Waals surface area contributed by atoms with E-state index in [1.165, 1.54) is 12.1 Å². The lowest BCUT2D eigenvalue weighted by Gasteiger charge is -2.28. The number of rotatable bonds is 6. The average molecular weight is 332 g/mol. The molecule has 1 nitrogen and oxygen atoms in total. The van der Waals surface area contributed by atoms with E-state index in [9.17, 15) is 8.78 Å². The molecule has 0 saturated carbocycles. The van der Waals surface area contributed by atoms with Gasteiger partial charge in [-0.15, -0.1) is 0 Å². The fourth-order valence-electron chi connectivity index (χ4n) is 2.88. The second-order valence-corrected chi connectivity index (χ2v) is 7.00. The molecule has 0 fully saturated rings. The van der Waals surface area contributed by atoms with Crippen molar-refractivity contribution in [3.63, 3.8) is 0 Å². The summed E-state index contributed by atoms with van der Waals surface area (Å²) in [7, 11) is 0. The smallest absolute Gasteiger partial charge is 0.263 e. The lowest BCUT2D eigenvalue weighted by atomic mass is 9.77. The normalized spacial score (nSPS) is 13.5. The summed E-state index contributed by atoms with van der Waals surface area (Å²) in [6.45, 7) is 10.3. The molecular formula is C21H26F2O. The van der Waals surface area contributed by atoms with Gasteiger partial charge in [-0.05, 0) is 37.5 Å². The summed E-state index contributed by atoms with van der Waals surface area (Å²) in [6.07, 6.45) is -2.25. The third-order valence-electron chi connectivity index (χ3n) is 4.44. The molecule has 0 radical (unpaired) electrons. The maximum absolute atomic E-state index is 12.8. The molecule has 0 amide bonds. The van der Waals surface area contributed by atoms with Crippen LogP contribution in [0.1, 0.15) is 69.4 Å². The van der Waals surface area contributed by atoms with E-state index in [4.69, 9.17) is 4.74 Å². The largest absolute Gasteiger partial charge is 0.371 e. The van der Waals surface area contributed by atoms with Crippen LogP contribution in [-0.2, 0) is 10.2 Å². The average Bonchev–Trinajstić information content (AvgIpc) is 2.54. The van der Waals surface area contributed by atoms with E-state index in [0.717, 1.165) is 16.7 Å². The molecule has 2 aromatic rings. The Bertz CT molecular complexity index is 660. The number of hydrogen-bond donors (Lipinski definition) is 0. The molecular weight excluding hydrogens is 306 g/mol. The first kappa shape index (κ1) is 18.6. The molecule has 1 unspecified atom stereocenters. The van der Waals surface area contributed by atoms with E-state index in [1.807, 2.05) is 26.8 Å². The topological polar surface area (TPSA) is 9.23 Å². The number of alkyl halides is 2. The van der Waals surface area contributed by atoms with Crippen molar-refractivity contribution in [1.82, 2.24) is 0 Å². The monoisotopic (exact) mass is 332 g/mol. The zero-order valence-corrected chi connectivity index (χ0v) is 15.0. The number of benzene rings is 2. The van der Waals surface area contributed by atoms with E-state index in [-0.39, 0.29) is 23.2 Å². The number of hydrogen-bond acceptors (Lipinski definition) is 1. The lowest BCUT2D eigenvalue weighted by molar-refractivity contribution is 0.0178. The van der Waals surface area contributed by atoms with E-state index in [1.54, 1.807) is 12.1 Å². The van der Waals surface area contributed by atoms with Crippen LogP contribution in [0.5, 0.6) is 0 Å². The number of ether oxygens (including phenoxy) is 1. The summed E-state index contributed by atoms with van der Waals surface area (Å²) in [6, 6.07) is 14.9. The first-order chi connectivity index (χ1) is 11.2. The molecule has 1 atom stereocenters. The van der Waals surface area contributed by atoms with Gasteiger partial charge < -0.3 is 4.74 Å². The van der Waals surface area contributed by atoms with E-state index in [0.29, 0.717) is 0 Å². The summed E-state index contributed by atoms with van der Waals surface area (Å²) in [4.78, 5) is 0. The van der Waals surface area contributed by atoms with Crippen LogP contribution in [0.15, 0.2) is 48.5 Å². The highest BCUT2D eigenvalue weighted by Gasteiger charge is 2.24. The van der Waals surface area contributed by atoms with Gasteiger partial charge in [0.05, 0.1) is 12.2 Å². The molecule has 0 bridgehead atoms. The molecule has 0 N–H and O–H groups in total. The van der Waals surface area contributed by atoms with Gasteiger partial charge >= 0.3 is 0 Å². The molecule has 24 heavy (non-hydrogen) atoms. The highest BCUT2D eigenvalue weighted by Crippen LogP contribution is 2.34. The van der Waals surface area contributed by atoms with Crippen LogP contribution in [-0.4, -0.2) is 6.10 Å². The van der Waals surface area contributed by atoms with Gasteiger partial charge in [0.25, 0.3) is 6.43 Å². The predicted octanol–water partition coefficient (Wildman–Crippen LogP) is 6.44. The Morgan fingerprint density at radius 1 is 0.833 bits per heavy atom. The highest BCUT2D eigenvalue weighted by molar-refractivity contribution is 5.40. The first-order valence-corrected chi connectivity index (χ1v) is 8.36. The minimum atomic E-state index is -2.43. The van der Waals surface area contributed by atoms with Gasteiger partial charge in [0.1, 0.15) is 0 Å². The molecule has 2 rings (SSSR count). The van der Waals surface area contributed by atoms with Crippen LogP contribution in [0.25, 0.3) is 0 Å². The van der Waals surface area contributed by atoms with Crippen molar-refractivity contribution < 1.29 is 13.5 Å². The summed E-state index contributed by atoms with van der Waals surface area (Å²) < 4.78 is 31.4. The summed E-state index contributed by atoms with van der Waals surface area (Å²) in [5.74, 6) is 0. The predicted molar refractivity (Wildman–Crippen MR) is 94.6 cm³/mol. The van der Waals surface area contributed by atoms with Crippen LogP contribution in [0, 0.1) is 0 Å². The zero-order valence-electron chi connectivity index (χ0n) is 15.0. The third kappa shape index (κ3) is 4.21.